The number of hydrogen-bond donors (Lipinski definition) is 0. The second kappa shape index (κ2) is 8.54. The molecule has 5 heteroatoms. The summed E-state index contributed by atoms with van der Waals surface area (Å²) < 4.78 is 7.70. The monoisotopic (exact) mass is 394 g/mol. The van der Waals surface area contributed by atoms with Crippen molar-refractivity contribution in [1.82, 2.24) is 9.47 Å². The average molecular weight is 394 g/mol. The van der Waals surface area contributed by atoms with Crippen LogP contribution < -0.4 is 0 Å². The molecule has 0 unspecified atom stereocenters. The number of benzene rings is 2. The van der Waals surface area contributed by atoms with E-state index in [-0.39, 0.29) is 0 Å². The minimum Gasteiger partial charge on any atom is -0.467 e. The smallest absolute Gasteiger partial charge is 0.153 e. The third kappa shape index (κ3) is 3.76. The second-order valence-electron chi connectivity index (χ2n) is 7.14. The average Bonchev–Trinajstić information content (AvgIpc) is 3.39. The maximum atomic E-state index is 10.2. The van der Waals surface area contributed by atoms with Crippen LogP contribution in [0.25, 0.3) is 22.4 Å². The van der Waals surface area contributed by atoms with Gasteiger partial charge < -0.3 is 13.9 Å². The van der Waals surface area contributed by atoms with Gasteiger partial charge in [0.1, 0.15) is 17.4 Å². The van der Waals surface area contributed by atoms with E-state index in [0.29, 0.717) is 17.9 Å². The molecule has 0 saturated carbocycles. The molecule has 5 nitrogen and oxygen atoms in total. The minimum absolute atomic E-state index is 0.471. The highest BCUT2D eigenvalue weighted by Crippen LogP contribution is 2.43. The summed E-state index contributed by atoms with van der Waals surface area (Å²) in [7, 11) is 3.82. The van der Waals surface area contributed by atoms with Crippen molar-refractivity contribution in [1.29, 1.82) is 5.26 Å². The lowest BCUT2D eigenvalue weighted by molar-refractivity contribution is 0.495. The topological polar surface area (TPSA) is 57.5 Å². The Kier molecular flexibility index (Phi) is 5.49. The van der Waals surface area contributed by atoms with Crippen LogP contribution in [0.1, 0.15) is 11.3 Å². The fraction of sp³-hybridized carbons (Fsp3) is 0.120. The van der Waals surface area contributed by atoms with Crippen molar-refractivity contribution >= 4 is 12.2 Å². The van der Waals surface area contributed by atoms with Crippen molar-refractivity contribution in [2.75, 3.05) is 14.1 Å². The summed E-state index contributed by atoms with van der Waals surface area (Å²) in [5.41, 5.74) is 4.37. The zero-order valence-electron chi connectivity index (χ0n) is 17.0. The van der Waals surface area contributed by atoms with Gasteiger partial charge in [0.15, 0.2) is 5.82 Å². The summed E-state index contributed by atoms with van der Waals surface area (Å²) in [6, 6.07) is 26.3. The molecule has 4 rings (SSSR count). The normalized spacial score (nSPS) is 11.0. The van der Waals surface area contributed by atoms with Gasteiger partial charge in [0.25, 0.3) is 0 Å². The molecule has 30 heavy (non-hydrogen) atoms. The second-order valence-corrected chi connectivity index (χ2v) is 7.14. The van der Waals surface area contributed by atoms with Crippen molar-refractivity contribution in [3.8, 4) is 28.5 Å². The lowest BCUT2D eigenvalue weighted by Crippen LogP contribution is -2.08. The molecular weight excluding hydrogens is 372 g/mol. The first kappa shape index (κ1) is 19.3. The molecule has 0 atom stereocenters. The van der Waals surface area contributed by atoms with Crippen LogP contribution in [-0.2, 0) is 6.54 Å². The predicted octanol–water partition coefficient (Wildman–Crippen LogP) is 5.56. The first-order valence-electron chi connectivity index (χ1n) is 9.69. The maximum Gasteiger partial charge on any atom is 0.153 e. The molecule has 0 aliphatic rings. The summed E-state index contributed by atoms with van der Waals surface area (Å²) in [5.74, 6) is 1.41. The van der Waals surface area contributed by atoms with Gasteiger partial charge >= 0.3 is 0 Å². The molecule has 0 spiro atoms. The van der Waals surface area contributed by atoms with Gasteiger partial charge in [-0.1, -0.05) is 60.7 Å². The van der Waals surface area contributed by atoms with E-state index in [1.54, 1.807) is 12.6 Å². The van der Waals surface area contributed by atoms with Gasteiger partial charge in [0.05, 0.1) is 24.8 Å². The Bertz CT molecular complexity index is 1180. The molecule has 0 amide bonds. The van der Waals surface area contributed by atoms with E-state index in [4.69, 9.17) is 4.42 Å². The van der Waals surface area contributed by atoms with Crippen LogP contribution in [0, 0.1) is 11.3 Å². The number of aromatic nitrogens is 1. The zero-order chi connectivity index (χ0) is 20.9. The fourth-order valence-corrected chi connectivity index (χ4v) is 3.51. The van der Waals surface area contributed by atoms with E-state index in [9.17, 15) is 5.26 Å². The Balaban J connectivity index is 2.07. The summed E-state index contributed by atoms with van der Waals surface area (Å²) in [6.07, 6.45) is 3.38. The highest BCUT2D eigenvalue weighted by molar-refractivity contribution is 5.91. The van der Waals surface area contributed by atoms with E-state index in [2.05, 4.69) is 27.8 Å². The number of hydrogen-bond acceptors (Lipinski definition) is 3. The van der Waals surface area contributed by atoms with E-state index in [1.807, 2.05) is 79.7 Å². The SMILES string of the molecule is CN(C)/C=N\c1c(C#N)c(-c2ccccc2)c(-c2ccccc2)n1Cc1ccco1. The predicted molar refractivity (Wildman–Crippen MR) is 120 cm³/mol. The number of furan rings is 1. The lowest BCUT2D eigenvalue weighted by atomic mass is 9.98. The van der Waals surface area contributed by atoms with Gasteiger partial charge in [0, 0.05) is 19.7 Å². The van der Waals surface area contributed by atoms with Crippen molar-refractivity contribution in [3.05, 3.63) is 90.4 Å². The third-order valence-electron chi connectivity index (χ3n) is 4.76. The number of rotatable bonds is 6. The molecule has 2 aromatic heterocycles. The van der Waals surface area contributed by atoms with Crippen molar-refractivity contribution in [3.63, 3.8) is 0 Å². The molecule has 0 aliphatic carbocycles. The molecule has 4 aromatic rings. The van der Waals surface area contributed by atoms with Crippen LogP contribution >= 0.6 is 0 Å². The minimum atomic E-state index is 0.471. The molecule has 2 heterocycles. The molecule has 2 aromatic carbocycles. The largest absolute Gasteiger partial charge is 0.467 e. The van der Waals surface area contributed by atoms with Crippen LogP contribution in [0.3, 0.4) is 0 Å². The van der Waals surface area contributed by atoms with Crippen LogP contribution in [0.5, 0.6) is 0 Å². The Morgan fingerprint density at radius 2 is 1.63 bits per heavy atom. The van der Waals surface area contributed by atoms with E-state index < -0.39 is 0 Å². The highest BCUT2D eigenvalue weighted by atomic mass is 16.3. The Morgan fingerprint density at radius 1 is 0.967 bits per heavy atom. The van der Waals surface area contributed by atoms with Gasteiger partial charge in [-0.25, -0.2) is 4.99 Å². The van der Waals surface area contributed by atoms with Crippen LogP contribution in [0.15, 0.2) is 88.5 Å². The van der Waals surface area contributed by atoms with Crippen LogP contribution in [0.2, 0.25) is 0 Å². The standard InChI is InChI=1S/C25H22N4O/c1-28(2)18-27-25-22(16-26)23(19-10-5-3-6-11-19)24(20-12-7-4-8-13-20)29(25)17-21-14-9-15-30-21/h3-15,18H,17H2,1-2H3/b27-18-. The molecule has 0 aliphatic heterocycles. The van der Waals surface area contributed by atoms with Gasteiger partial charge in [-0.3, -0.25) is 0 Å². The van der Waals surface area contributed by atoms with Gasteiger partial charge in [0.2, 0.25) is 0 Å². The van der Waals surface area contributed by atoms with E-state index in [0.717, 1.165) is 28.1 Å². The summed E-state index contributed by atoms with van der Waals surface area (Å²) in [4.78, 5) is 6.55. The van der Waals surface area contributed by atoms with E-state index in [1.165, 1.54) is 0 Å². The summed E-state index contributed by atoms with van der Waals surface area (Å²) in [6.45, 7) is 0.471. The highest BCUT2D eigenvalue weighted by Gasteiger charge is 2.25. The maximum absolute atomic E-state index is 10.2. The van der Waals surface area contributed by atoms with Crippen LogP contribution in [0.4, 0.5) is 5.82 Å². The van der Waals surface area contributed by atoms with Gasteiger partial charge in [-0.2, -0.15) is 5.26 Å². The first-order chi connectivity index (χ1) is 14.7. The summed E-state index contributed by atoms with van der Waals surface area (Å²) in [5, 5.41) is 10.2. The molecule has 148 valence electrons. The van der Waals surface area contributed by atoms with Gasteiger partial charge in [-0.05, 0) is 23.3 Å². The number of aliphatic imine (C=N–C) groups is 1. The molecule has 0 bridgehead atoms. The Morgan fingerprint density at radius 3 is 2.20 bits per heavy atom. The molecule has 0 saturated heterocycles. The third-order valence-corrected chi connectivity index (χ3v) is 4.76. The zero-order valence-corrected chi connectivity index (χ0v) is 17.0. The van der Waals surface area contributed by atoms with E-state index >= 15 is 0 Å². The van der Waals surface area contributed by atoms with Gasteiger partial charge in [-0.15, -0.1) is 0 Å². The Hall–Kier alpha value is -4.04. The van der Waals surface area contributed by atoms with Crippen molar-refractivity contribution in [2.45, 2.75) is 6.54 Å². The quantitative estimate of drug-likeness (QED) is 0.318. The van der Waals surface area contributed by atoms with Crippen molar-refractivity contribution < 1.29 is 4.42 Å². The van der Waals surface area contributed by atoms with Crippen molar-refractivity contribution in [2.24, 2.45) is 4.99 Å². The summed E-state index contributed by atoms with van der Waals surface area (Å²) >= 11 is 0. The number of nitrogens with zero attached hydrogens (tertiary/aromatic N) is 4. The van der Waals surface area contributed by atoms with Crippen LogP contribution in [-0.4, -0.2) is 29.9 Å². The lowest BCUT2D eigenvalue weighted by Gasteiger charge is -2.12. The Labute approximate surface area is 176 Å². The molecular formula is C25H22N4O. The molecule has 0 fully saturated rings. The molecule has 0 N–H and O–H groups in total. The fourth-order valence-electron chi connectivity index (χ4n) is 3.51. The first-order valence-corrected chi connectivity index (χ1v) is 9.69. The number of nitriles is 1. The molecule has 0 radical (unpaired) electrons.